The third kappa shape index (κ3) is 5.59. The number of benzene rings is 2. The third-order valence-corrected chi connectivity index (χ3v) is 5.52. The Morgan fingerprint density at radius 3 is 2.79 bits per heavy atom. The monoisotopic (exact) mass is 430 g/mol. The quantitative estimate of drug-likeness (QED) is 0.545. The van der Waals surface area contributed by atoms with Crippen LogP contribution in [0.5, 0.6) is 0 Å². The van der Waals surface area contributed by atoms with Crippen LogP contribution in [0.4, 0.5) is 0 Å². The summed E-state index contributed by atoms with van der Waals surface area (Å²) < 4.78 is 6.82. The van der Waals surface area contributed by atoms with E-state index < -0.39 is 0 Å². The second-order valence-electron chi connectivity index (χ2n) is 6.65. The Balaban J connectivity index is 1.91. The van der Waals surface area contributed by atoms with Crippen molar-refractivity contribution in [1.82, 2.24) is 20.1 Å². The molecule has 0 atom stereocenters. The first kappa shape index (κ1) is 21.4. The maximum atomic E-state index is 11.8. The summed E-state index contributed by atoms with van der Waals surface area (Å²) in [6.07, 6.45) is 0. The van der Waals surface area contributed by atoms with Crippen molar-refractivity contribution in [2.75, 3.05) is 13.7 Å². The number of amides is 1. The van der Waals surface area contributed by atoms with E-state index in [2.05, 4.69) is 40.6 Å². The lowest BCUT2D eigenvalue weighted by Crippen LogP contribution is -2.28. The predicted molar refractivity (Wildman–Crippen MR) is 116 cm³/mol. The van der Waals surface area contributed by atoms with Crippen LogP contribution < -0.4 is 5.32 Å². The van der Waals surface area contributed by atoms with E-state index in [0.717, 1.165) is 22.2 Å². The minimum absolute atomic E-state index is 0.000699. The molecule has 1 aromatic heterocycles. The maximum absolute atomic E-state index is 11.8. The molecule has 0 aliphatic carbocycles. The van der Waals surface area contributed by atoms with E-state index in [4.69, 9.17) is 16.3 Å². The standard InChI is InChI=1S/C21H23ClN4O2S/c1-14-5-4-6-16(9-14)13-29-21-25-24-19(11-23-20(27)12-28-3)26(21)18-10-17(22)8-7-15(18)2/h4-10H,11-13H2,1-3H3,(H,23,27). The number of halogens is 1. The van der Waals surface area contributed by atoms with Crippen molar-refractivity contribution in [3.63, 3.8) is 0 Å². The lowest BCUT2D eigenvalue weighted by molar-refractivity contribution is -0.124. The largest absolute Gasteiger partial charge is 0.375 e. The molecule has 3 aromatic rings. The molecule has 1 amide bonds. The zero-order chi connectivity index (χ0) is 20.8. The molecular formula is C21H23ClN4O2S. The maximum Gasteiger partial charge on any atom is 0.246 e. The number of nitrogens with zero attached hydrogens (tertiary/aromatic N) is 3. The number of methoxy groups -OCH3 is 1. The number of carbonyl (C=O) groups is 1. The van der Waals surface area contributed by atoms with Crippen molar-refractivity contribution in [3.05, 3.63) is 70.0 Å². The molecule has 29 heavy (non-hydrogen) atoms. The van der Waals surface area contributed by atoms with E-state index in [-0.39, 0.29) is 19.1 Å². The van der Waals surface area contributed by atoms with Crippen LogP contribution in [0.15, 0.2) is 47.6 Å². The highest BCUT2D eigenvalue weighted by atomic mass is 35.5. The molecule has 6 nitrogen and oxygen atoms in total. The fraction of sp³-hybridized carbons (Fsp3) is 0.286. The van der Waals surface area contributed by atoms with Crippen LogP contribution in [-0.2, 0) is 21.8 Å². The minimum atomic E-state index is -0.209. The van der Waals surface area contributed by atoms with Crippen LogP contribution in [0.1, 0.15) is 22.5 Å². The summed E-state index contributed by atoms with van der Waals surface area (Å²) in [4.78, 5) is 11.8. The Labute approximate surface area is 179 Å². The average molecular weight is 431 g/mol. The van der Waals surface area contributed by atoms with Crippen LogP contribution in [0.25, 0.3) is 5.69 Å². The lowest BCUT2D eigenvalue weighted by atomic mass is 10.2. The summed E-state index contributed by atoms with van der Waals surface area (Å²) in [5, 5.41) is 12.9. The van der Waals surface area contributed by atoms with Gasteiger partial charge < -0.3 is 10.1 Å². The van der Waals surface area contributed by atoms with Gasteiger partial charge in [-0.3, -0.25) is 9.36 Å². The van der Waals surface area contributed by atoms with Gasteiger partial charge in [0, 0.05) is 17.9 Å². The molecule has 0 saturated heterocycles. The zero-order valence-corrected chi connectivity index (χ0v) is 18.2. The van der Waals surface area contributed by atoms with E-state index >= 15 is 0 Å². The second kappa shape index (κ2) is 9.91. The van der Waals surface area contributed by atoms with Crippen molar-refractivity contribution in [2.24, 2.45) is 0 Å². The number of hydrogen-bond donors (Lipinski definition) is 1. The second-order valence-corrected chi connectivity index (χ2v) is 8.03. The average Bonchev–Trinajstić information content (AvgIpc) is 3.09. The molecule has 0 unspecified atom stereocenters. The topological polar surface area (TPSA) is 69.0 Å². The molecule has 0 bridgehead atoms. The Bertz CT molecular complexity index is 1010. The lowest BCUT2D eigenvalue weighted by Gasteiger charge is -2.14. The van der Waals surface area contributed by atoms with Gasteiger partial charge in [0.1, 0.15) is 6.61 Å². The van der Waals surface area contributed by atoms with Crippen molar-refractivity contribution >= 4 is 29.3 Å². The predicted octanol–water partition coefficient (Wildman–Crippen LogP) is 4.09. The summed E-state index contributed by atoms with van der Waals surface area (Å²) >= 11 is 7.84. The first-order valence-electron chi connectivity index (χ1n) is 9.12. The van der Waals surface area contributed by atoms with Crippen molar-refractivity contribution in [2.45, 2.75) is 31.3 Å². The van der Waals surface area contributed by atoms with Gasteiger partial charge in [-0.05, 0) is 37.1 Å². The molecular weight excluding hydrogens is 408 g/mol. The van der Waals surface area contributed by atoms with Crippen LogP contribution >= 0.6 is 23.4 Å². The summed E-state index contributed by atoms with van der Waals surface area (Å²) in [5.41, 5.74) is 4.36. The normalized spacial score (nSPS) is 10.9. The molecule has 0 saturated carbocycles. The SMILES string of the molecule is COCC(=O)NCc1nnc(SCc2cccc(C)c2)n1-c1cc(Cl)ccc1C. The summed E-state index contributed by atoms with van der Waals surface area (Å²) in [7, 11) is 1.48. The van der Waals surface area contributed by atoms with Gasteiger partial charge in [-0.1, -0.05) is 59.3 Å². The minimum Gasteiger partial charge on any atom is -0.375 e. The van der Waals surface area contributed by atoms with Gasteiger partial charge in [0.15, 0.2) is 11.0 Å². The van der Waals surface area contributed by atoms with Crippen molar-refractivity contribution < 1.29 is 9.53 Å². The Kier molecular flexibility index (Phi) is 7.30. The Hall–Kier alpha value is -2.35. The highest BCUT2D eigenvalue weighted by Gasteiger charge is 2.17. The molecule has 0 spiro atoms. The smallest absolute Gasteiger partial charge is 0.246 e. The van der Waals surface area contributed by atoms with Gasteiger partial charge in [0.25, 0.3) is 0 Å². The van der Waals surface area contributed by atoms with Gasteiger partial charge in [0.05, 0.1) is 12.2 Å². The number of ether oxygens (including phenoxy) is 1. The number of rotatable bonds is 8. The molecule has 3 rings (SSSR count). The first-order valence-corrected chi connectivity index (χ1v) is 10.5. The molecule has 8 heteroatoms. The van der Waals surface area contributed by atoms with Gasteiger partial charge >= 0.3 is 0 Å². The molecule has 2 aromatic carbocycles. The van der Waals surface area contributed by atoms with Crippen LogP contribution in [0.2, 0.25) is 5.02 Å². The molecule has 0 radical (unpaired) electrons. The summed E-state index contributed by atoms with van der Waals surface area (Å²) in [6, 6.07) is 14.1. The van der Waals surface area contributed by atoms with Gasteiger partial charge in [-0.25, -0.2) is 0 Å². The number of aryl methyl sites for hydroxylation is 2. The van der Waals surface area contributed by atoms with E-state index in [0.29, 0.717) is 10.8 Å². The fourth-order valence-corrected chi connectivity index (χ4v) is 3.96. The van der Waals surface area contributed by atoms with Crippen molar-refractivity contribution in [1.29, 1.82) is 0 Å². The van der Waals surface area contributed by atoms with Gasteiger partial charge in [-0.15, -0.1) is 10.2 Å². The number of nitrogens with one attached hydrogen (secondary N) is 1. The van der Waals surface area contributed by atoms with Crippen molar-refractivity contribution in [3.8, 4) is 5.69 Å². The van der Waals surface area contributed by atoms with E-state index in [9.17, 15) is 4.79 Å². The number of hydrogen-bond acceptors (Lipinski definition) is 5. The molecule has 1 N–H and O–H groups in total. The third-order valence-electron chi connectivity index (χ3n) is 4.28. The van der Waals surface area contributed by atoms with Crippen LogP contribution in [-0.4, -0.2) is 34.4 Å². The summed E-state index contributed by atoms with van der Waals surface area (Å²) in [5.74, 6) is 1.18. The Morgan fingerprint density at radius 1 is 1.21 bits per heavy atom. The van der Waals surface area contributed by atoms with E-state index in [1.165, 1.54) is 18.2 Å². The first-order chi connectivity index (χ1) is 14.0. The van der Waals surface area contributed by atoms with Crippen LogP contribution in [0, 0.1) is 13.8 Å². The van der Waals surface area contributed by atoms with E-state index in [1.807, 2.05) is 35.8 Å². The highest BCUT2D eigenvalue weighted by molar-refractivity contribution is 7.98. The number of carbonyl (C=O) groups excluding carboxylic acids is 1. The molecule has 0 aliphatic rings. The highest BCUT2D eigenvalue weighted by Crippen LogP contribution is 2.28. The molecule has 0 aliphatic heterocycles. The molecule has 152 valence electrons. The molecule has 1 heterocycles. The molecule has 0 fully saturated rings. The number of thioether (sulfide) groups is 1. The van der Waals surface area contributed by atoms with E-state index in [1.54, 1.807) is 11.8 Å². The number of aromatic nitrogens is 3. The van der Waals surface area contributed by atoms with Gasteiger partial charge in [-0.2, -0.15) is 0 Å². The summed E-state index contributed by atoms with van der Waals surface area (Å²) in [6.45, 7) is 4.33. The van der Waals surface area contributed by atoms with Crippen LogP contribution in [0.3, 0.4) is 0 Å². The Morgan fingerprint density at radius 2 is 2.03 bits per heavy atom. The fourth-order valence-electron chi connectivity index (χ4n) is 2.88. The van der Waals surface area contributed by atoms with Gasteiger partial charge in [0.2, 0.25) is 5.91 Å². The zero-order valence-electron chi connectivity index (χ0n) is 16.6.